The lowest BCUT2D eigenvalue weighted by Crippen LogP contribution is -2.53. The number of halogens is 3. The van der Waals surface area contributed by atoms with Crippen LogP contribution in [0.4, 0.5) is 19.0 Å². The highest BCUT2D eigenvalue weighted by Gasteiger charge is 2.49. The van der Waals surface area contributed by atoms with Crippen molar-refractivity contribution in [3.8, 4) is 0 Å². The highest BCUT2D eigenvalue weighted by atomic mass is 19.3. The third-order valence-corrected chi connectivity index (χ3v) is 3.06. The molecule has 0 atom stereocenters. The molecule has 0 unspecified atom stereocenters. The van der Waals surface area contributed by atoms with Crippen molar-refractivity contribution in [2.24, 2.45) is 0 Å². The molecule has 1 saturated carbocycles. The van der Waals surface area contributed by atoms with Gasteiger partial charge in [0, 0.05) is 25.8 Å². The van der Waals surface area contributed by atoms with E-state index in [-0.39, 0.29) is 5.82 Å². The third kappa shape index (κ3) is 2.59. The molecule has 1 heterocycles. The van der Waals surface area contributed by atoms with E-state index in [1.807, 2.05) is 0 Å². The first-order chi connectivity index (χ1) is 9.21. The van der Waals surface area contributed by atoms with Crippen molar-refractivity contribution in [1.29, 1.82) is 0 Å². The fourth-order valence-corrected chi connectivity index (χ4v) is 2.17. The normalized spacial score (nSPS) is 17.4. The first kappa shape index (κ1) is 14.3. The summed E-state index contributed by atoms with van der Waals surface area (Å²) < 4.78 is 38.9. The molecule has 2 rings (SSSR count). The molecule has 108 valence electrons. The zero-order valence-electron chi connectivity index (χ0n) is 10.4. The Morgan fingerprint density at radius 3 is 2.50 bits per heavy atom. The van der Waals surface area contributed by atoms with Crippen LogP contribution in [0.25, 0.3) is 0 Å². The number of amides is 1. The zero-order chi connectivity index (χ0) is 15.1. The van der Waals surface area contributed by atoms with Crippen molar-refractivity contribution in [3.05, 3.63) is 23.6 Å². The van der Waals surface area contributed by atoms with E-state index in [2.05, 4.69) is 4.98 Å². The predicted molar refractivity (Wildman–Crippen MR) is 62.3 cm³/mol. The van der Waals surface area contributed by atoms with E-state index in [0.29, 0.717) is 6.07 Å². The van der Waals surface area contributed by atoms with Gasteiger partial charge in [0.1, 0.15) is 17.2 Å². The molecule has 0 spiro atoms. The van der Waals surface area contributed by atoms with E-state index in [1.165, 1.54) is 0 Å². The van der Waals surface area contributed by atoms with Gasteiger partial charge in [-0.05, 0) is 6.07 Å². The number of carbonyl (C=O) groups excluding carboxylic acids is 1. The van der Waals surface area contributed by atoms with E-state index in [1.54, 1.807) is 0 Å². The second kappa shape index (κ2) is 4.77. The molecule has 20 heavy (non-hydrogen) atoms. The number of aromatic carboxylic acids is 1. The Morgan fingerprint density at radius 1 is 1.45 bits per heavy atom. The molecule has 0 bridgehead atoms. The van der Waals surface area contributed by atoms with Crippen LogP contribution in [0.3, 0.4) is 0 Å². The minimum Gasteiger partial charge on any atom is -0.478 e. The summed E-state index contributed by atoms with van der Waals surface area (Å²) in [7, 11) is 0. The maximum atomic E-state index is 13.0. The lowest BCUT2D eigenvalue weighted by molar-refractivity contribution is -0.122. The number of carbonyl (C=O) groups is 2. The van der Waals surface area contributed by atoms with Crippen molar-refractivity contribution >= 4 is 17.7 Å². The Kier molecular flexibility index (Phi) is 3.41. The van der Waals surface area contributed by atoms with Crippen LogP contribution in [0.5, 0.6) is 0 Å². The summed E-state index contributed by atoms with van der Waals surface area (Å²) in [6, 6.07) is -0.129. The van der Waals surface area contributed by atoms with Gasteiger partial charge < -0.3 is 5.11 Å². The Bertz CT molecular complexity index is 569. The highest BCUT2D eigenvalue weighted by Crippen LogP contribution is 2.42. The Balaban J connectivity index is 2.41. The molecule has 0 radical (unpaired) electrons. The number of carboxylic acids is 1. The molecular weight excluding hydrogens is 277 g/mol. The molecule has 0 aliphatic heterocycles. The van der Waals surface area contributed by atoms with Gasteiger partial charge >= 0.3 is 5.97 Å². The number of rotatable bonds is 3. The van der Waals surface area contributed by atoms with Gasteiger partial charge in [-0.25, -0.2) is 22.9 Å². The Labute approximate surface area is 112 Å². The van der Waals surface area contributed by atoms with Gasteiger partial charge in [-0.2, -0.15) is 0 Å². The summed E-state index contributed by atoms with van der Waals surface area (Å²) in [4.78, 5) is 27.1. The van der Waals surface area contributed by atoms with Gasteiger partial charge in [0.15, 0.2) is 0 Å². The number of alkyl halides is 2. The monoisotopic (exact) mass is 288 g/mol. The van der Waals surface area contributed by atoms with Crippen molar-refractivity contribution in [2.45, 2.75) is 31.7 Å². The van der Waals surface area contributed by atoms with Gasteiger partial charge in [0.2, 0.25) is 5.91 Å². The fraction of sp³-hybridized carbons (Fsp3) is 0.417. The van der Waals surface area contributed by atoms with Crippen LogP contribution < -0.4 is 4.90 Å². The van der Waals surface area contributed by atoms with Gasteiger partial charge in [-0.15, -0.1) is 0 Å². The number of nitrogens with zero attached hydrogens (tertiary/aromatic N) is 2. The van der Waals surface area contributed by atoms with Crippen molar-refractivity contribution in [1.82, 2.24) is 4.98 Å². The number of carboxylic acid groups (broad SMARTS) is 1. The minimum absolute atomic E-state index is 0.313. The summed E-state index contributed by atoms with van der Waals surface area (Å²) >= 11 is 0. The standard InChI is InChI=1S/C12H11F3N2O3/c1-6(18)17(8-3-12(14,15)4-8)10-9(11(19)20)2-7(13)5-16-10/h2,5,8H,3-4H2,1H3,(H,19,20). The van der Waals surface area contributed by atoms with Gasteiger partial charge in [0.05, 0.1) is 6.20 Å². The van der Waals surface area contributed by atoms with E-state index >= 15 is 0 Å². The van der Waals surface area contributed by atoms with Crippen LogP contribution in [0, 0.1) is 5.82 Å². The maximum absolute atomic E-state index is 13.0. The molecule has 1 aliphatic rings. The number of hydrogen-bond donors (Lipinski definition) is 1. The number of pyridine rings is 1. The predicted octanol–water partition coefficient (Wildman–Crippen LogP) is 2.07. The average Bonchev–Trinajstić information content (AvgIpc) is 2.28. The summed E-state index contributed by atoms with van der Waals surface area (Å²) in [5.41, 5.74) is -0.532. The molecule has 1 fully saturated rings. The molecule has 5 nitrogen and oxygen atoms in total. The molecule has 1 N–H and O–H groups in total. The van der Waals surface area contributed by atoms with Crippen LogP contribution in [0.15, 0.2) is 12.3 Å². The Morgan fingerprint density at radius 2 is 2.05 bits per heavy atom. The SMILES string of the molecule is CC(=O)N(c1ncc(F)cc1C(=O)O)C1CC(F)(F)C1. The van der Waals surface area contributed by atoms with Crippen molar-refractivity contribution in [2.75, 3.05) is 4.90 Å². The molecule has 8 heteroatoms. The third-order valence-electron chi connectivity index (χ3n) is 3.06. The smallest absolute Gasteiger partial charge is 0.339 e. The maximum Gasteiger partial charge on any atom is 0.339 e. The number of anilines is 1. The topological polar surface area (TPSA) is 70.5 Å². The zero-order valence-corrected chi connectivity index (χ0v) is 10.4. The van der Waals surface area contributed by atoms with E-state index in [0.717, 1.165) is 18.0 Å². The van der Waals surface area contributed by atoms with Gasteiger partial charge in [-0.1, -0.05) is 0 Å². The number of hydrogen-bond acceptors (Lipinski definition) is 3. The minimum atomic E-state index is -2.87. The molecule has 0 aromatic carbocycles. The fourth-order valence-electron chi connectivity index (χ4n) is 2.17. The molecule has 0 saturated heterocycles. The van der Waals surface area contributed by atoms with E-state index in [9.17, 15) is 22.8 Å². The van der Waals surface area contributed by atoms with Crippen molar-refractivity contribution < 1.29 is 27.9 Å². The Hall–Kier alpha value is -2.12. The van der Waals surface area contributed by atoms with Crippen LogP contribution in [-0.2, 0) is 4.79 Å². The van der Waals surface area contributed by atoms with E-state index in [4.69, 9.17) is 5.11 Å². The molecule has 1 aromatic rings. The summed E-state index contributed by atoms with van der Waals surface area (Å²) in [5.74, 6) is -6.17. The quantitative estimate of drug-likeness (QED) is 0.924. The summed E-state index contributed by atoms with van der Waals surface area (Å²) in [5, 5.41) is 9.00. The summed E-state index contributed by atoms with van der Waals surface area (Å²) in [6.45, 7) is 1.12. The second-order valence-corrected chi connectivity index (χ2v) is 4.64. The second-order valence-electron chi connectivity index (χ2n) is 4.64. The lowest BCUT2D eigenvalue weighted by Gasteiger charge is -2.41. The van der Waals surface area contributed by atoms with E-state index < -0.39 is 48.1 Å². The van der Waals surface area contributed by atoms with Crippen LogP contribution >= 0.6 is 0 Å². The lowest BCUT2D eigenvalue weighted by atomic mass is 9.86. The van der Waals surface area contributed by atoms with Crippen molar-refractivity contribution in [3.63, 3.8) is 0 Å². The molecule has 1 amide bonds. The van der Waals surface area contributed by atoms with Crippen LogP contribution in [0.2, 0.25) is 0 Å². The van der Waals surface area contributed by atoms with Crippen LogP contribution in [0.1, 0.15) is 30.1 Å². The van der Waals surface area contributed by atoms with Gasteiger partial charge in [-0.3, -0.25) is 9.69 Å². The molecule has 1 aliphatic carbocycles. The first-order valence-electron chi connectivity index (χ1n) is 5.78. The first-order valence-corrected chi connectivity index (χ1v) is 5.78. The number of aromatic nitrogens is 1. The highest BCUT2D eigenvalue weighted by molar-refractivity contribution is 6.00. The average molecular weight is 288 g/mol. The molecular formula is C12H11F3N2O3. The molecule has 1 aromatic heterocycles. The summed E-state index contributed by atoms with van der Waals surface area (Å²) in [6.07, 6.45) is -0.385. The largest absolute Gasteiger partial charge is 0.478 e. The van der Waals surface area contributed by atoms with Crippen LogP contribution in [-0.4, -0.2) is 33.9 Å². The van der Waals surface area contributed by atoms with Gasteiger partial charge in [0.25, 0.3) is 5.92 Å².